The van der Waals surface area contributed by atoms with Crippen molar-refractivity contribution < 1.29 is 9.53 Å². The number of carbonyl (C=O) groups is 1. The Kier molecular flexibility index (Phi) is 4.60. The molecule has 2 aromatic rings. The van der Waals surface area contributed by atoms with Gasteiger partial charge in [-0.05, 0) is 45.1 Å². The number of hydrogen-bond donors (Lipinski definition) is 1. The molecule has 128 valence electrons. The lowest BCUT2D eigenvalue weighted by Crippen LogP contribution is -2.47. The third kappa shape index (κ3) is 4.16. The van der Waals surface area contributed by atoms with Gasteiger partial charge in [-0.3, -0.25) is 0 Å². The molecule has 1 aromatic heterocycles. The fourth-order valence-corrected chi connectivity index (χ4v) is 2.96. The molecule has 1 atom stereocenters. The van der Waals surface area contributed by atoms with Gasteiger partial charge in [0, 0.05) is 30.7 Å². The Labute approximate surface area is 143 Å². The van der Waals surface area contributed by atoms with Crippen LogP contribution in [-0.4, -0.2) is 40.7 Å². The predicted octanol–water partition coefficient (Wildman–Crippen LogP) is 4.05. The van der Waals surface area contributed by atoms with E-state index in [9.17, 15) is 4.79 Å². The lowest BCUT2D eigenvalue weighted by atomic mass is 10.1. The average Bonchev–Trinajstić information content (AvgIpc) is 2.53. The summed E-state index contributed by atoms with van der Waals surface area (Å²) in [5.41, 5.74) is -0.461. The maximum Gasteiger partial charge on any atom is 0.410 e. The highest BCUT2D eigenvalue weighted by Crippen LogP contribution is 2.20. The van der Waals surface area contributed by atoms with E-state index in [0.29, 0.717) is 6.54 Å². The fraction of sp³-hybridized carbons (Fsp3) is 0.474. The zero-order chi connectivity index (χ0) is 17.2. The summed E-state index contributed by atoms with van der Waals surface area (Å²) in [6.07, 6.45) is 3.63. The van der Waals surface area contributed by atoms with E-state index in [1.165, 1.54) is 0 Å². The quantitative estimate of drug-likeness (QED) is 0.904. The molecule has 1 saturated heterocycles. The van der Waals surface area contributed by atoms with Gasteiger partial charge in [-0.1, -0.05) is 24.3 Å². The molecular formula is C19H25N3O2. The van der Waals surface area contributed by atoms with E-state index in [2.05, 4.69) is 28.5 Å². The Morgan fingerprint density at radius 1 is 1.29 bits per heavy atom. The van der Waals surface area contributed by atoms with Crippen LogP contribution in [0, 0.1) is 0 Å². The number of ether oxygens (including phenoxy) is 1. The first-order valence-electron chi connectivity index (χ1n) is 8.50. The van der Waals surface area contributed by atoms with E-state index >= 15 is 0 Å². The number of likely N-dealkylation sites (tertiary alicyclic amines) is 1. The number of fused-ring (bicyclic) bond motifs is 1. The molecule has 1 N–H and O–H groups in total. The lowest BCUT2D eigenvalue weighted by molar-refractivity contribution is 0.0206. The molecule has 1 fully saturated rings. The number of rotatable bonds is 2. The van der Waals surface area contributed by atoms with Crippen LogP contribution in [0.2, 0.25) is 0 Å². The van der Waals surface area contributed by atoms with Gasteiger partial charge in [-0.25, -0.2) is 9.78 Å². The molecule has 1 aliphatic rings. The Hall–Kier alpha value is -2.30. The molecule has 0 unspecified atom stereocenters. The molecule has 24 heavy (non-hydrogen) atoms. The molecule has 0 bridgehead atoms. The SMILES string of the molecule is CC(C)(C)OC(=O)N1CCC[C@@H](Nc2cc3ccccc3cn2)C1. The maximum atomic E-state index is 12.2. The Morgan fingerprint density at radius 3 is 2.79 bits per heavy atom. The fourth-order valence-electron chi connectivity index (χ4n) is 2.96. The normalized spacial score (nSPS) is 18.5. The van der Waals surface area contributed by atoms with Crippen LogP contribution in [0.1, 0.15) is 33.6 Å². The van der Waals surface area contributed by atoms with Gasteiger partial charge >= 0.3 is 6.09 Å². The molecule has 1 aliphatic heterocycles. The van der Waals surface area contributed by atoms with Gasteiger partial charge in [0.2, 0.25) is 0 Å². The van der Waals surface area contributed by atoms with E-state index in [-0.39, 0.29) is 12.1 Å². The van der Waals surface area contributed by atoms with E-state index in [1.807, 2.05) is 39.1 Å². The number of carbonyl (C=O) groups excluding carboxylic acids is 1. The van der Waals surface area contributed by atoms with Gasteiger partial charge in [-0.15, -0.1) is 0 Å². The van der Waals surface area contributed by atoms with Gasteiger partial charge in [0.05, 0.1) is 0 Å². The summed E-state index contributed by atoms with van der Waals surface area (Å²) in [5, 5.41) is 5.75. The minimum absolute atomic E-state index is 0.194. The third-order valence-electron chi connectivity index (χ3n) is 4.06. The molecule has 1 amide bonds. The first-order chi connectivity index (χ1) is 11.4. The summed E-state index contributed by atoms with van der Waals surface area (Å²) in [7, 11) is 0. The second-order valence-electron chi connectivity index (χ2n) is 7.33. The molecule has 3 rings (SSSR count). The van der Waals surface area contributed by atoms with Crippen LogP contribution in [-0.2, 0) is 4.74 Å². The van der Waals surface area contributed by atoms with Crippen molar-refractivity contribution in [2.45, 2.75) is 45.3 Å². The van der Waals surface area contributed by atoms with Gasteiger partial charge in [-0.2, -0.15) is 0 Å². The van der Waals surface area contributed by atoms with Crippen molar-refractivity contribution in [3.63, 3.8) is 0 Å². The Bertz CT molecular complexity index is 724. The minimum atomic E-state index is -0.461. The molecule has 2 heterocycles. The summed E-state index contributed by atoms with van der Waals surface area (Å²) in [5.74, 6) is 0.852. The summed E-state index contributed by atoms with van der Waals surface area (Å²) in [6, 6.07) is 10.4. The summed E-state index contributed by atoms with van der Waals surface area (Å²) in [4.78, 5) is 18.5. The Morgan fingerprint density at radius 2 is 2.04 bits per heavy atom. The van der Waals surface area contributed by atoms with Crippen LogP contribution in [0.4, 0.5) is 10.6 Å². The van der Waals surface area contributed by atoms with Crippen LogP contribution in [0.5, 0.6) is 0 Å². The molecule has 5 heteroatoms. The number of piperidine rings is 1. The second kappa shape index (κ2) is 6.67. The third-order valence-corrected chi connectivity index (χ3v) is 4.06. The zero-order valence-electron chi connectivity index (χ0n) is 14.6. The number of benzene rings is 1. The van der Waals surface area contributed by atoms with Crippen LogP contribution in [0.15, 0.2) is 36.5 Å². The van der Waals surface area contributed by atoms with Crippen molar-refractivity contribution in [1.29, 1.82) is 0 Å². The number of pyridine rings is 1. The van der Waals surface area contributed by atoms with Crippen molar-refractivity contribution in [1.82, 2.24) is 9.88 Å². The number of aromatic nitrogens is 1. The smallest absolute Gasteiger partial charge is 0.410 e. The number of nitrogens with one attached hydrogen (secondary N) is 1. The summed E-state index contributed by atoms with van der Waals surface area (Å²) < 4.78 is 5.48. The van der Waals surface area contributed by atoms with Crippen LogP contribution >= 0.6 is 0 Å². The molecular weight excluding hydrogens is 302 g/mol. The van der Waals surface area contributed by atoms with Crippen molar-refractivity contribution in [3.05, 3.63) is 36.5 Å². The number of nitrogens with zero attached hydrogens (tertiary/aromatic N) is 2. The highest BCUT2D eigenvalue weighted by Gasteiger charge is 2.27. The first kappa shape index (κ1) is 16.6. The van der Waals surface area contributed by atoms with Gasteiger partial charge in [0.15, 0.2) is 0 Å². The van der Waals surface area contributed by atoms with Gasteiger partial charge < -0.3 is 15.0 Å². The maximum absolute atomic E-state index is 12.2. The highest BCUT2D eigenvalue weighted by molar-refractivity contribution is 5.83. The first-order valence-corrected chi connectivity index (χ1v) is 8.50. The van der Waals surface area contributed by atoms with Gasteiger partial charge in [0.1, 0.15) is 11.4 Å². The predicted molar refractivity (Wildman–Crippen MR) is 96.2 cm³/mol. The topological polar surface area (TPSA) is 54.5 Å². The van der Waals surface area contributed by atoms with Crippen LogP contribution < -0.4 is 5.32 Å². The lowest BCUT2D eigenvalue weighted by Gasteiger charge is -2.34. The van der Waals surface area contributed by atoms with Crippen molar-refractivity contribution in [2.75, 3.05) is 18.4 Å². The highest BCUT2D eigenvalue weighted by atomic mass is 16.6. The summed E-state index contributed by atoms with van der Waals surface area (Å²) in [6.45, 7) is 7.07. The van der Waals surface area contributed by atoms with E-state index in [1.54, 1.807) is 4.90 Å². The van der Waals surface area contributed by atoms with Crippen molar-refractivity contribution >= 4 is 22.7 Å². The number of anilines is 1. The summed E-state index contributed by atoms with van der Waals surface area (Å²) >= 11 is 0. The molecule has 5 nitrogen and oxygen atoms in total. The van der Waals surface area contributed by atoms with E-state index < -0.39 is 5.60 Å². The van der Waals surface area contributed by atoms with E-state index in [0.717, 1.165) is 36.0 Å². The molecule has 0 aliphatic carbocycles. The van der Waals surface area contributed by atoms with Crippen LogP contribution in [0.3, 0.4) is 0 Å². The molecule has 0 spiro atoms. The largest absolute Gasteiger partial charge is 0.444 e. The average molecular weight is 327 g/mol. The second-order valence-corrected chi connectivity index (χ2v) is 7.33. The van der Waals surface area contributed by atoms with Crippen molar-refractivity contribution in [3.8, 4) is 0 Å². The number of hydrogen-bond acceptors (Lipinski definition) is 4. The Balaban J connectivity index is 1.65. The van der Waals surface area contributed by atoms with Gasteiger partial charge in [0.25, 0.3) is 0 Å². The van der Waals surface area contributed by atoms with Crippen LogP contribution in [0.25, 0.3) is 10.8 Å². The molecule has 0 saturated carbocycles. The minimum Gasteiger partial charge on any atom is -0.444 e. The number of amides is 1. The molecule has 0 radical (unpaired) electrons. The zero-order valence-corrected chi connectivity index (χ0v) is 14.6. The van der Waals surface area contributed by atoms with E-state index in [4.69, 9.17) is 4.74 Å². The van der Waals surface area contributed by atoms with Crippen molar-refractivity contribution in [2.24, 2.45) is 0 Å². The monoisotopic (exact) mass is 327 g/mol. The standard InChI is InChI=1S/C19H25N3O2/c1-19(2,3)24-18(23)22-10-6-9-16(13-22)21-17-11-14-7-4-5-8-15(14)12-20-17/h4-5,7-8,11-12,16H,6,9-10,13H2,1-3H3,(H,20,21)/t16-/m1/s1. The molecule has 1 aromatic carbocycles.